The van der Waals surface area contributed by atoms with Crippen molar-refractivity contribution < 1.29 is 52.5 Å². The molecule has 252 valence electrons. The third-order valence-corrected chi connectivity index (χ3v) is 7.94. The number of phosphoric acid groups is 1. The molecule has 1 aromatic rings. The van der Waals surface area contributed by atoms with Gasteiger partial charge in [-0.15, -0.1) is 0 Å². The van der Waals surface area contributed by atoms with Gasteiger partial charge in [-0.05, 0) is 12.8 Å². The number of nitrogens with zero attached hydrogens (tertiary/aromatic N) is 1. The SMILES string of the molecule is CCCCCCCC(=O)OC[C@H](COP(=O)(O)OC[C@H]1O[C@@H](n2ccc(=O)[nH]c2=O)[C@H](O)[C@@H]1O)OC(=O)CCCCCCC. The van der Waals surface area contributed by atoms with E-state index in [2.05, 4.69) is 13.8 Å². The molecule has 1 aliphatic heterocycles. The number of H-pyrrole nitrogens is 1. The van der Waals surface area contributed by atoms with Gasteiger partial charge in [-0.1, -0.05) is 65.2 Å². The number of aliphatic hydroxyl groups excluding tert-OH is 2. The highest BCUT2D eigenvalue weighted by Gasteiger charge is 2.45. The van der Waals surface area contributed by atoms with Gasteiger partial charge in [-0.25, -0.2) is 9.36 Å². The number of esters is 2. The Labute approximate surface area is 256 Å². The maximum absolute atomic E-state index is 12.6. The van der Waals surface area contributed by atoms with Crippen molar-refractivity contribution in [1.29, 1.82) is 0 Å². The van der Waals surface area contributed by atoms with E-state index in [1.807, 2.05) is 4.98 Å². The molecule has 1 aliphatic rings. The quantitative estimate of drug-likeness (QED) is 0.0808. The van der Waals surface area contributed by atoms with Crippen molar-refractivity contribution in [2.24, 2.45) is 0 Å². The molecule has 0 saturated carbocycles. The third-order valence-electron chi connectivity index (χ3n) is 6.99. The highest BCUT2D eigenvalue weighted by atomic mass is 31.2. The van der Waals surface area contributed by atoms with Gasteiger partial charge in [0.1, 0.15) is 24.9 Å². The van der Waals surface area contributed by atoms with Crippen LogP contribution < -0.4 is 11.2 Å². The van der Waals surface area contributed by atoms with Crippen LogP contribution in [0.5, 0.6) is 0 Å². The van der Waals surface area contributed by atoms with E-state index < -0.39 is 74.9 Å². The van der Waals surface area contributed by atoms with Crippen molar-refractivity contribution in [1.82, 2.24) is 9.55 Å². The summed E-state index contributed by atoms with van der Waals surface area (Å²) in [4.78, 5) is 60.1. The van der Waals surface area contributed by atoms with Crippen molar-refractivity contribution >= 4 is 19.8 Å². The molecule has 0 amide bonds. The first-order valence-corrected chi connectivity index (χ1v) is 16.8. The number of rotatable bonds is 22. The zero-order valence-electron chi connectivity index (χ0n) is 25.5. The summed E-state index contributed by atoms with van der Waals surface area (Å²) >= 11 is 0. The van der Waals surface area contributed by atoms with E-state index in [9.17, 15) is 38.8 Å². The predicted octanol–water partition coefficient (Wildman–Crippen LogP) is 2.47. The van der Waals surface area contributed by atoms with Gasteiger partial charge < -0.3 is 29.3 Å². The summed E-state index contributed by atoms with van der Waals surface area (Å²) in [6.45, 7) is 2.42. The highest BCUT2D eigenvalue weighted by molar-refractivity contribution is 7.47. The zero-order valence-corrected chi connectivity index (χ0v) is 26.4. The van der Waals surface area contributed by atoms with Gasteiger partial charge in [0, 0.05) is 25.1 Å². The predicted molar refractivity (Wildman–Crippen MR) is 157 cm³/mol. The Hall–Kier alpha value is -2.39. The van der Waals surface area contributed by atoms with Crippen LogP contribution in [0.4, 0.5) is 0 Å². The number of ether oxygens (including phenoxy) is 3. The summed E-state index contributed by atoms with van der Waals surface area (Å²) in [7, 11) is -4.83. The minimum Gasteiger partial charge on any atom is -0.462 e. The standard InChI is InChI=1S/C28H47N2O13P/c1-3-5-7-9-11-13-23(32)39-17-20(42-24(33)14-12-10-8-6-4-2)18-40-44(37,38)41-19-21-25(34)26(35)27(43-21)30-16-15-22(31)29-28(30)36/h15-16,20-21,25-27,34-35H,3-14,17-19H2,1-2H3,(H,37,38)(H,29,31,36)/t20-,21-,25-,26-,27-/m1/s1. The van der Waals surface area contributed by atoms with E-state index in [1.54, 1.807) is 0 Å². The summed E-state index contributed by atoms with van der Waals surface area (Å²) in [6.07, 6.45) is 3.43. The second kappa shape index (κ2) is 19.9. The van der Waals surface area contributed by atoms with Gasteiger partial charge in [0.15, 0.2) is 12.3 Å². The molecule has 16 heteroatoms. The normalized spacial score (nSPS) is 21.9. The molecule has 2 heterocycles. The second-order valence-electron chi connectivity index (χ2n) is 10.7. The maximum atomic E-state index is 12.6. The molecule has 0 aromatic carbocycles. The Kier molecular flexibility index (Phi) is 17.1. The summed E-state index contributed by atoms with van der Waals surface area (Å²) in [6, 6.07) is 1.02. The van der Waals surface area contributed by atoms with E-state index in [1.165, 1.54) is 0 Å². The fourth-order valence-corrected chi connectivity index (χ4v) is 5.24. The molecule has 15 nitrogen and oxygen atoms in total. The minimum absolute atomic E-state index is 0.123. The number of unbranched alkanes of at least 4 members (excludes halogenated alkanes) is 8. The van der Waals surface area contributed by atoms with Gasteiger partial charge in [0.25, 0.3) is 5.56 Å². The Morgan fingerprint density at radius 2 is 1.55 bits per heavy atom. The first-order valence-electron chi connectivity index (χ1n) is 15.3. The molecular weight excluding hydrogens is 603 g/mol. The largest absolute Gasteiger partial charge is 0.472 e. The Balaban J connectivity index is 1.91. The lowest BCUT2D eigenvalue weighted by molar-refractivity contribution is -0.161. The van der Waals surface area contributed by atoms with Crippen molar-refractivity contribution in [3.63, 3.8) is 0 Å². The van der Waals surface area contributed by atoms with Crippen LogP contribution in [-0.4, -0.2) is 80.8 Å². The number of carbonyl (C=O) groups is 2. The molecule has 4 N–H and O–H groups in total. The van der Waals surface area contributed by atoms with Crippen LogP contribution in [0.2, 0.25) is 0 Å². The van der Waals surface area contributed by atoms with Gasteiger partial charge >= 0.3 is 25.5 Å². The third kappa shape index (κ3) is 13.7. The molecule has 1 aromatic heterocycles. The second-order valence-corrected chi connectivity index (χ2v) is 12.2. The number of phosphoric ester groups is 1. The molecule has 0 bridgehead atoms. The van der Waals surface area contributed by atoms with Crippen LogP contribution >= 0.6 is 7.82 Å². The number of hydrogen-bond donors (Lipinski definition) is 4. The summed E-state index contributed by atoms with van der Waals surface area (Å²) in [5, 5.41) is 20.7. The van der Waals surface area contributed by atoms with Crippen molar-refractivity contribution in [2.45, 2.75) is 122 Å². The van der Waals surface area contributed by atoms with Crippen LogP contribution in [0.1, 0.15) is 97.1 Å². The lowest BCUT2D eigenvalue weighted by atomic mass is 10.1. The Morgan fingerprint density at radius 3 is 2.16 bits per heavy atom. The van der Waals surface area contributed by atoms with Crippen LogP contribution in [0.15, 0.2) is 21.9 Å². The van der Waals surface area contributed by atoms with Gasteiger partial charge in [-0.3, -0.25) is 33.0 Å². The molecule has 1 fully saturated rings. The lowest BCUT2D eigenvalue weighted by Crippen LogP contribution is -2.37. The topological polar surface area (TPSA) is 213 Å². The number of aromatic amines is 1. The maximum Gasteiger partial charge on any atom is 0.472 e. The average molecular weight is 651 g/mol. The molecular formula is C28H47N2O13P. The summed E-state index contributed by atoms with van der Waals surface area (Å²) in [5.74, 6) is -1.06. The fraction of sp³-hybridized carbons (Fsp3) is 0.786. The van der Waals surface area contributed by atoms with E-state index >= 15 is 0 Å². The first kappa shape index (κ1) is 37.8. The Morgan fingerprint density at radius 1 is 0.932 bits per heavy atom. The molecule has 1 unspecified atom stereocenters. The van der Waals surface area contributed by atoms with Gasteiger partial charge in [0.05, 0.1) is 13.2 Å². The molecule has 44 heavy (non-hydrogen) atoms. The molecule has 1 saturated heterocycles. The number of carbonyl (C=O) groups excluding carboxylic acids is 2. The fourth-order valence-electron chi connectivity index (χ4n) is 4.47. The van der Waals surface area contributed by atoms with Crippen molar-refractivity contribution in [3.8, 4) is 0 Å². The van der Waals surface area contributed by atoms with E-state index in [4.69, 9.17) is 23.3 Å². The number of aromatic nitrogens is 2. The monoisotopic (exact) mass is 650 g/mol. The van der Waals surface area contributed by atoms with Gasteiger partial charge in [-0.2, -0.15) is 0 Å². The van der Waals surface area contributed by atoms with Crippen LogP contribution in [0.25, 0.3) is 0 Å². The highest BCUT2D eigenvalue weighted by Crippen LogP contribution is 2.44. The molecule has 6 atom stereocenters. The molecule has 0 spiro atoms. The van der Waals surface area contributed by atoms with Crippen LogP contribution in [0.3, 0.4) is 0 Å². The summed E-state index contributed by atoms with van der Waals surface area (Å²) in [5.41, 5.74) is -1.57. The van der Waals surface area contributed by atoms with E-state index in [0.717, 1.165) is 68.2 Å². The van der Waals surface area contributed by atoms with Crippen molar-refractivity contribution in [3.05, 3.63) is 33.1 Å². The van der Waals surface area contributed by atoms with Gasteiger partial charge in [0.2, 0.25) is 0 Å². The minimum atomic E-state index is -4.83. The first-order chi connectivity index (χ1) is 21.0. The molecule has 0 radical (unpaired) electrons. The smallest absolute Gasteiger partial charge is 0.462 e. The zero-order chi connectivity index (χ0) is 32.5. The van der Waals surface area contributed by atoms with Crippen LogP contribution in [0, 0.1) is 0 Å². The van der Waals surface area contributed by atoms with E-state index in [-0.39, 0.29) is 19.4 Å². The molecule has 0 aliphatic carbocycles. The van der Waals surface area contributed by atoms with Crippen molar-refractivity contribution in [2.75, 3.05) is 19.8 Å². The molecule has 2 rings (SSSR count). The number of nitrogens with one attached hydrogen (secondary N) is 1. The van der Waals surface area contributed by atoms with Crippen LogP contribution in [-0.2, 0) is 37.4 Å². The Bertz CT molecular complexity index is 1170. The lowest BCUT2D eigenvalue weighted by Gasteiger charge is -2.21. The van der Waals surface area contributed by atoms with E-state index in [0.29, 0.717) is 12.8 Å². The number of aliphatic hydroxyl groups is 2. The average Bonchev–Trinajstić information content (AvgIpc) is 3.26. The number of hydrogen-bond acceptors (Lipinski definition) is 12. The summed E-state index contributed by atoms with van der Waals surface area (Å²) < 4.78 is 39.4.